The average molecular weight is 627 g/mol. The van der Waals surface area contributed by atoms with Gasteiger partial charge in [0.1, 0.15) is 0 Å². The molecule has 0 aromatic heterocycles. The van der Waals surface area contributed by atoms with E-state index in [9.17, 15) is 0 Å². The summed E-state index contributed by atoms with van der Waals surface area (Å²) >= 11 is 0. The van der Waals surface area contributed by atoms with Crippen LogP contribution in [0.5, 0.6) is 0 Å². The molecule has 0 heterocycles. The Hall–Kier alpha value is 0.700. The van der Waals surface area contributed by atoms with Gasteiger partial charge in [0, 0.05) is 9.49 Å². The van der Waals surface area contributed by atoms with Crippen LogP contribution in [0.1, 0.15) is 247 Å². The second-order valence-corrected chi connectivity index (χ2v) is 18.6. The Labute approximate surface area is 277 Å². The maximum Gasteiger partial charge on any atom is 0.0207 e. The fourth-order valence-corrected chi connectivity index (χ4v) is 8.91. The Morgan fingerprint density at radius 1 is 0.262 bits per heavy atom. The predicted octanol–water partition coefficient (Wildman–Crippen LogP) is 16.4. The highest BCUT2D eigenvalue weighted by molar-refractivity contribution is 8.77. The molecule has 0 radical (unpaired) electrons. The van der Waals surface area contributed by atoms with Crippen molar-refractivity contribution in [2.45, 2.75) is 257 Å². The van der Waals surface area contributed by atoms with Crippen molar-refractivity contribution in [1.29, 1.82) is 0 Å². The first kappa shape index (κ1) is 42.7. The molecule has 0 rings (SSSR count). The van der Waals surface area contributed by atoms with Gasteiger partial charge in [0.15, 0.2) is 0 Å². The Balaban J connectivity index is 3.52. The molecular formula is C40H82S2. The van der Waals surface area contributed by atoms with Crippen molar-refractivity contribution in [3.8, 4) is 0 Å². The van der Waals surface area contributed by atoms with E-state index in [1.807, 2.05) is 0 Å². The van der Waals surface area contributed by atoms with Crippen LogP contribution in [0.15, 0.2) is 0 Å². The van der Waals surface area contributed by atoms with E-state index in [0.717, 1.165) is 0 Å². The molecule has 0 saturated carbocycles. The Kier molecular flexibility index (Phi) is 32.2. The number of rotatable bonds is 35. The van der Waals surface area contributed by atoms with Crippen molar-refractivity contribution in [3.05, 3.63) is 0 Å². The first-order chi connectivity index (χ1) is 20.3. The molecule has 0 spiro atoms. The van der Waals surface area contributed by atoms with Crippen LogP contribution in [0.25, 0.3) is 0 Å². The van der Waals surface area contributed by atoms with E-state index in [1.54, 1.807) is 0 Å². The van der Waals surface area contributed by atoms with Gasteiger partial charge in [-0.2, -0.15) is 0 Å². The molecular weight excluding hydrogens is 545 g/mol. The van der Waals surface area contributed by atoms with Gasteiger partial charge in [0.25, 0.3) is 0 Å². The van der Waals surface area contributed by atoms with Gasteiger partial charge < -0.3 is 0 Å². The van der Waals surface area contributed by atoms with E-state index in [2.05, 4.69) is 63.1 Å². The minimum atomic E-state index is 0.410. The third kappa shape index (κ3) is 33.6. The van der Waals surface area contributed by atoms with Crippen molar-refractivity contribution in [3.63, 3.8) is 0 Å². The molecule has 0 amide bonds. The van der Waals surface area contributed by atoms with Crippen LogP contribution in [0.4, 0.5) is 0 Å². The first-order valence-electron chi connectivity index (χ1n) is 19.7. The zero-order chi connectivity index (χ0) is 31.0. The van der Waals surface area contributed by atoms with Crippen molar-refractivity contribution < 1.29 is 0 Å². The minimum Gasteiger partial charge on any atom is -0.0873 e. The van der Waals surface area contributed by atoms with E-state index < -0.39 is 0 Å². The van der Waals surface area contributed by atoms with E-state index in [-0.39, 0.29) is 0 Å². The first-order valence-corrected chi connectivity index (χ1v) is 21.8. The lowest BCUT2D eigenvalue weighted by Gasteiger charge is -2.30. The molecule has 0 aliphatic heterocycles. The quantitative estimate of drug-likeness (QED) is 0.0507. The summed E-state index contributed by atoms with van der Waals surface area (Å²) in [5.74, 6) is 0. The molecule has 0 aliphatic carbocycles. The van der Waals surface area contributed by atoms with Gasteiger partial charge in [-0.25, -0.2) is 0 Å². The second kappa shape index (κ2) is 31.7. The lowest BCUT2D eigenvalue weighted by atomic mass is 10.0. The van der Waals surface area contributed by atoms with Gasteiger partial charge in [0.05, 0.1) is 0 Å². The summed E-state index contributed by atoms with van der Waals surface area (Å²) < 4.78 is 0.820. The van der Waals surface area contributed by atoms with E-state index in [0.29, 0.717) is 9.49 Å². The molecule has 0 bridgehead atoms. The van der Waals surface area contributed by atoms with Crippen LogP contribution < -0.4 is 0 Å². The van der Waals surface area contributed by atoms with Crippen molar-refractivity contribution >= 4 is 21.6 Å². The average Bonchev–Trinajstić information content (AvgIpc) is 2.96. The highest BCUT2D eigenvalue weighted by atomic mass is 33.1. The van der Waals surface area contributed by atoms with Crippen LogP contribution in [0, 0.1) is 0 Å². The lowest BCUT2D eigenvalue weighted by Crippen LogP contribution is -2.18. The molecule has 0 nitrogen and oxygen atoms in total. The highest BCUT2D eigenvalue weighted by Crippen LogP contribution is 2.47. The van der Waals surface area contributed by atoms with Crippen LogP contribution in [-0.2, 0) is 0 Å². The van der Waals surface area contributed by atoms with Crippen LogP contribution in [-0.4, -0.2) is 9.49 Å². The minimum absolute atomic E-state index is 0.410. The molecule has 254 valence electrons. The van der Waals surface area contributed by atoms with Gasteiger partial charge in [-0.15, -0.1) is 0 Å². The van der Waals surface area contributed by atoms with Crippen molar-refractivity contribution in [2.24, 2.45) is 0 Å². The molecule has 0 unspecified atom stereocenters. The standard InChI is InChI=1S/C40H82S2/c1-7-9-11-13-15-17-19-21-23-25-27-29-31-33-35-37-39(3,4)41-42-40(5,6)38-36-34-32-30-28-26-24-22-20-18-16-14-12-10-8-2/h7-38H2,1-6H3. The molecule has 0 aromatic rings. The normalized spacial score (nSPS) is 12.4. The van der Waals surface area contributed by atoms with E-state index in [4.69, 9.17) is 0 Å². The summed E-state index contributed by atoms with van der Waals surface area (Å²) in [5, 5.41) is 0. The molecule has 0 N–H and O–H groups in total. The van der Waals surface area contributed by atoms with Gasteiger partial charge in [-0.1, -0.05) is 228 Å². The number of hydrogen-bond acceptors (Lipinski definition) is 2. The van der Waals surface area contributed by atoms with Crippen molar-refractivity contribution in [1.82, 2.24) is 0 Å². The fraction of sp³-hybridized carbons (Fsp3) is 1.00. The molecule has 0 aliphatic rings. The smallest absolute Gasteiger partial charge is 0.0207 e. The Morgan fingerprint density at radius 2 is 0.429 bits per heavy atom. The summed E-state index contributed by atoms with van der Waals surface area (Å²) in [7, 11) is 4.35. The summed E-state index contributed by atoms with van der Waals surface area (Å²) in [6, 6.07) is 0. The number of hydrogen-bond donors (Lipinski definition) is 0. The second-order valence-electron chi connectivity index (χ2n) is 15.1. The van der Waals surface area contributed by atoms with Gasteiger partial charge >= 0.3 is 0 Å². The summed E-state index contributed by atoms with van der Waals surface area (Å²) in [5.41, 5.74) is 0. The molecule has 0 saturated heterocycles. The van der Waals surface area contributed by atoms with Crippen LogP contribution in [0.2, 0.25) is 0 Å². The zero-order valence-corrected chi connectivity index (χ0v) is 32.1. The summed E-state index contributed by atoms with van der Waals surface area (Å²) in [4.78, 5) is 0. The SMILES string of the molecule is CCCCCCCCCCCCCCCCCC(C)(C)SSC(C)(C)CCCCCCCCCCCCCCCCC. The molecule has 2 heteroatoms. The Morgan fingerprint density at radius 3 is 0.619 bits per heavy atom. The van der Waals surface area contributed by atoms with Gasteiger partial charge in [-0.05, 0) is 40.5 Å². The Bertz CT molecular complexity index is 466. The van der Waals surface area contributed by atoms with E-state index >= 15 is 0 Å². The maximum absolute atomic E-state index is 2.48. The molecule has 42 heavy (non-hydrogen) atoms. The summed E-state index contributed by atoms with van der Waals surface area (Å²) in [6.07, 6.45) is 46.4. The molecule has 0 aromatic carbocycles. The topological polar surface area (TPSA) is 0 Å². The van der Waals surface area contributed by atoms with Gasteiger partial charge in [0.2, 0.25) is 0 Å². The summed E-state index contributed by atoms with van der Waals surface area (Å²) in [6.45, 7) is 14.6. The van der Waals surface area contributed by atoms with Crippen LogP contribution >= 0.6 is 21.6 Å². The molecule has 0 fully saturated rings. The van der Waals surface area contributed by atoms with Gasteiger partial charge in [-0.3, -0.25) is 0 Å². The zero-order valence-electron chi connectivity index (χ0n) is 30.4. The van der Waals surface area contributed by atoms with E-state index in [1.165, 1.54) is 205 Å². The fourth-order valence-electron chi connectivity index (χ4n) is 6.15. The molecule has 0 atom stereocenters. The highest BCUT2D eigenvalue weighted by Gasteiger charge is 2.25. The predicted molar refractivity (Wildman–Crippen MR) is 202 cm³/mol. The third-order valence-electron chi connectivity index (χ3n) is 9.26. The maximum atomic E-state index is 2.48. The van der Waals surface area contributed by atoms with Crippen molar-refractivity contribution in [2.75, 3.05) is 0 Å². The lowest BCUT2D eigenvalue weighted by molar-refractivity contribution is 0.516. The monoisotopic (exact) mass is 627 g/mol. The number of unbranched alkanes of at least 4 members (excludes halogenated alkanes) is 28. The third-order valence-corrected chi connectivity index (χ3v) is 13.6. The largest absolute Gasteiger partial charge is 0.0873 e. The van der Waals surface area contributed by atoms with Crippen LogP contribution in [0.3, 0.4) is 0 Å².